The van der Waals surface area contributed by atoms with E-state index in [1.165, 1.54) is 0 Å². The molecule has 47 heavy (non-hydrogen) atoms. The van der Waals surface area contributed by atoms with E-state index in [2.05, 4.69) is 27.5 Å². The molecule has 1 saturated carbocycles. The normalized spacial score (nSPS) is 17.5. The quantitative estimate of drug-likeness (QED) is 0.164. The van der Waals surface area contributed by atoms with E-state index in [0.717, 1.165) is 46.2 Å². The molecule has 6 rings (SSSR count). The van der Waals surface area contributed by atoms with E-state index >= 15 is 0 Å². The maximum atomic E-state index is 13.9. The van der Waals surface area contributed by atoms with Crippen molar-refractivity contribution in [3.05, 3.63) is 107 Å². The highest BCUT2D eigenvalue weighted by Gasteiger charge is 2.50. The predicted molar refractivity (Wildman–Crippen MR) is 175 cm³/mol. The summed E-state index contributed by atoms with van der Waals surface area (Å²) < 4.78 is 37.0. The van der Waals surface area contributed by atoms with Crippen LogP contribution in [0.5, 0.6) is 0 Å². The van der Waals surface area contributed by atoms with Gasteiger partial charge in [0.1, 0.15) is 16.9 Å². The molecule has 10 heteroatoms. The molecule has 0 saturated heterocycles. The SMILES string of the molecule is CCCc1cc2oc(-c3ccc(C)cc3)c(C(=O)NC)c2cc1-c1ccc(C)c(C(=O)NC2(c3ncccn3)CC(OC(F)F)C2)c1. The molecule has 2 N–H and O–H groups in total. The van der Waals surface area contributed by atoms with E-state index < -0.39 is 18.3 Å². The van der Waals surface area contributed by atoms with Crippen molar-refractivity contribution >= 4 is 22.8 Å². The second-order valence-corrected chi connectivity index (χ2v) is 12.1. The van der Waals surface area contributed by atoms with Crippen molar-refractivity contribution in [3.63, 3.8) is 0 Å². The zero-order valence-electron chi connectivity index (χ0n) is 26.7. The molecule has 1 aliphatic carbocycles. The second-order valence-electron chi connectivity index (χ2n) is 12.1. The fourth-order valence-electron chi connectivity index (χ4n) is 6.35. The molecule has 1 fully saturated rings. The zero-order valence-corrected chi connectivity index (χ0v) is 26.7. The van der Waals surface area contributed by atoms with Crippen molar-refractivity contribution in [3.8, 4) is 22.5 Å². The summed E-state index contributed by atoms with van der Waals surface area (Å²) in [5.41, 5.74) is 5.76. The number of nitrogens with zero attached hydrogens (tertiary/aromatic N) is 2. The van der Waals surface area contributed by atoms with Crippen LogP contribution in [0.2, 0.25) is 0 Å². The number of carbonyl (C=O) groups excluding carboxylic acids is 2. The molecule has 2 amide bonds. The first kappa shape index (κ1) is 32.0. The lowest BCUT2D eigenvalue weighted by atomic mass is 9.73. The largest absolute Gasteiger partial charge is 0.455 e. The van der Waals surface area contributed by atoms with E-state index in [0.29, 0.717) is 33.7 Å². The van der Waals surface area contributed by atoms with Gasteiger partial charge in [0.05, 0.1) is 11.7 Å². The highest BCUT2D eigenvalue weighted by molar-refractivity contribution is 6.12. The summed E-state index contributed by atoms with van der Waals surface area (Å²) in [6, 6.07) is 19.1. The summed E-state index contributed by atoms with van der Waals surface area (Å²) in [4.78, 5) is 35.9. The Bertz CT molecular complexity index is 1930. The molecule has 0 aliphatic heterocycles. The van der Waals surface area contributed by atoms with Gasteiger partial charge in [-0.2, -0.15) is 8.78 Å². The number of hydrogen-bond donors (Lipinski definition) is 2. The first-order chi connectivity index (χ1) is 22.6. The lowest BCUT2D eigenvalue weighted by Crippen LogP contribution is -2.58. The molecule has 3 aromatic carbocycles. The molecule has 0 spiro atoms. The van der Waals surface area contributed by atoms with Gasteiger partial charge < -0.3 is 19.8 Å². The number of nitrogens with one attached hydrogen (secondary N) is 2. The Morgan fingerprint density at radius 2 is 1.70 bits per heavy atom. The van der Waals surface area contributed by atoms with E-state index in [1.54, 1.807) is 25.5 Å². The summed E-state index contributed by atoms with van der Waals surface area (Å²) >= 11 is 0. The average Bonchev–Trinajstić information content (AvgIpc) is 3.42. The van der Waals surface area contributed by atoms with E-state index in [1.807, 2.05) is 68.4 Å². The van der Waals surface area contributed by atoms with Crippen LogP contribution >= 0.6 is 0 Å². The minimum atomic E-state index is -2.91. The van der Waals surface area contributed by atoms with Gasteiger partial charge in [-0.1, -0.05) is 55.3 Å². The number of amides is 2. The van der Waals surface area contributed by atoms with Crippen LogP contribution in [0, 0.1) is 13.8 Å². The minimum absolute atomic E-state index is 0.120. The van der Waals surface area contributed by atoms with Gasteiger partial charge in [-0.3, -0.25) is 9.59 Å². The van der Waals surface area contributed by atoms with Crippen LogP contribution in [-0.4, -0.2) is 41.5 Å². The molecule has 2 aromatic heterocycles. The van der Waals surface area contributed by atoms with Crippen LogP contribution in [0.15, 0.2) is 77.5 Å². The third-order valence-electron chi connectivity index (χ3n) is 8.79. The number of aromatic nitrogens is 2. The molecule has 1 aliphatic rings. The highest BCUT2D eigenvalue weighted by atomic mass is 19.3. The number of rotatable bonds is 10. The molecular weight excluding hydrogens is 602 g/mol. The highest BCUT2D eigenvalue weighted by Crippen LogP contribution is 2.43. The third kappa shape index (κ3) is 6.25. The summed E-state index contributed by atoms with van der Waals surface area (Å²) in [6.07, 6.45) is 4.24. The number of fused-ring (bicyclic) bond motifs is 1. The van der Waals surface area contributed by atoms with Crippen molar-refractivity contribution in [2.75, 3.05) is 7.05 Å². The van der Waals surface area contributed by atoms with Gasteiger partial charge >= 0.3 is 6.61 Å². The number of hydrogen-bond acceptors (Lipinski definition) is 6. The molecule has 242 valence electrons. The number of ether oxygens (including phenoxy) is 1. The fourth-order valence-corrected chi connectivity index (χ4v) is 6.35. The van der Waals surface area contributed by atoms with Crippen LogP contribution < -0.4 is 10.6 Å². The van der Waals surface area contributed by atoms with Gasteiger partial charge in [-0.15, -0.1) is 0 Å². The Hall–Kier alpha value is -4.96. The van der Waals surface area contributed by atoms with Crippen molar-refractivity contribution in [2.45, 2.75) is 64.7 Å². The van der Waals surface area contributed by atoms with E-state index in [-0.39, 0.29) is 24.7 Å². The molecule has 0 unspecified atom stereocenters. The molecule has 8 nitrogen and oxygen atoms in total. The second kappa shape index (κ2) is 13.0. The smallest absolute Gasteiger partial charge is 0.345 e. The van der Waals surface area contributed by atoms with Crippen LogP contribution in [0.4, 0.5) is 8.78 Å². The lowest BCUT2D eigenvalue weighted by molar-refractivity contribution is -0.198. The number of alkyl halides is 2. The summed E-state index contributed by atoms with van der Waals surface area (Å²) in [5, 5.41) is 6.48. The van der Waals surface area contributed by atoms with E-state index in [9.17, 15) is 18.4 Å². The van der Waals surface area contributed by atoms with Gasteiger partial charge in [0.15, 0.2) is 5.82 Å². The van der Waals surface area contributed by atoms with Gasteiger partial charge in [0.25, 0.3) is 11.8 Å². The number of halogens is 2. The molecular formula is C37H36F2N4O4. The molecule has 0 atom stereocenters. The van der Waals surface area contributed by atoms with Crippen molar-refractivity contribution in [1.82, 2.24) is 20.6 Å². The molecule has 5 aromatic rings. The van der Waals surface area contributed by atoms with Crippen LogP contribution in [-0.2, 0) is 16.7 Å². The Kier molecular flexibility index (Phi) is 8.88. The first-order valence-electron chi connectivity index (χ1n) is 15.7. The summed E-state index contributed by atoms with van der Waals surface area (Å²) in [7, 11) is 1.59. The molecule has 2 heterocycles. The van der Waals surface area contributed by atoms with Gasteiger partial charge in [-0.05, 0) is 66.8 Å². The maximum Gasteiger partial charge on any atom is 0.345 e. The predicted octanol–water partition coefficient (Wildman–Crippen LogP) is 7.51. The van der Waals surface area contributed by atoms with Crippen LogP contribution in [0.3, 0.4) is 0 Å². The van der Waals surface area contributed by atoms with Crippen molar-refractivity contribution in [2.24, 2.45) is 0 Å². The van der Waals surface area contributed by atoms with Gasteiger partial charge in [0, 0.05) is 48.8 Å². The van der Waals surface area contributed by atoms with Crippen LogP contribution in [0.1, 0.15) is 69.4 Å². The third-order valence-corrected chi connectivity index (χ3v) is 8.79. The number of furan rings is 1. The van der Waals surface area contributed by atoms with Gasteiger partial charge in [0.2, 0.25) is 0 Å². The minimum Gasteiger partial charge on any atom is -0.455 e. The zero-order chi connectivity index (χ0) is 33.3. The number of benzene rings is 3. The molecule has 0 bridgehead atoms. The standard InChI is InChI=1S/C37H36F2N4O4/c1-5-7-24-17-30-29(31(34(45)40-4)32(47-30)23-11-8-21(2)9-12-23)18-28(24)25-13-10-22(3)27(16-25)33(44)43-37(35-41-14-6-15-42-35)19-26(20-37)46-36(38)39/h6,8-18,26,36H,5,7,19-20H2,1-4H3,(H,40,45)(H,43,44). The Morgan fingerprint density at radius 1 is 1.00 bits per heavy atom. The summed E-state index contributed by atoms with van der Waals surface area (Å²) in [6.45, 7) is 3.03. The topological polar surface area (TPSA) is 106 Å². The summed E-state index contributed by atoms with van der Waals surface area (Å²) in [5.74, 6) is 0.200. The Labute approximate surface area is 271 Å². The van der Waals surface area contributed by atoms with Crippen molar-refractivity contribution in [1.29, 1.82) is 0 Å². The van der Waals surface area contributed by atoms with Crippen LogP contribution in [0.25, 0.3) is 33.4 Å². The first-order valence-corrected chi connectivity index (χ1v) is 15.7. The Balaban J connectivity index is 1.41. The monoisotopic (exact) mass is 638 g/mol. The number of carbonyl (C=O) groups is 2. The Morgan fingerprint density at radius 3 is 2.36 bits per heavy atom. The average molecular weight is 639 g/mol. The fraction of sp³-hybridized carbons (Fsp3) is 0.297. The number of aryl methyl sites for hydroxylation is 3. The molecule has 0 radical (unpaired) electrons. The lowest BCUT2D eigenvalue weighted by Gasteiger charge is -2.46. The van der Waals surface area contributed by atoms with Gasteiger partial charge in [-0.25, -0.2) is 9.97 Å². The van der Waals surface area contributed by atoms with Crippen molar-refractivity contribution < 1.29 is 27.5 Å². The maximum absolute atomic E-state index is 13.9. The van der Waals surface area contributed by atoms with E-state index in [4.69, 9.17) is 9.15 Å².